The summed E-state index contributed by atoms with van der Waals surface area (Å²) in [6.45, 7) is 12.3. The van der Waals surface area contributed by atoms with Crippen LogP contribution in [-0.4, -0.2) is 49.6 Å². The summed E-state index contributed by atoms with van der Waals surface area (Å²) in [7, 11) is 3.03. The van der Waals surface area contributed by atoms with Crippen LogP contribution in [0.2, 0.25) is 0 Å². The van der Waals surface area contributed by atoms with Crippen molar-refractivity contribution in [3.8, 4) is 0 Å². The van der Waals surface area contributed by atoms with Gasteiger partial charge >= 0.3 is 5.97 Å². The van der Waals surface area contributed by atoms with E-state index in [0.717, 1.165) is 44.9 Å². The van der Waals surface area contributed by atoms with Gasteiger partial charge in [-0.1, -0.05) is 38.0 Å². The van der Waals surface area contributed by atoms with Crippen LogP contribution in [-0.2, 0) is 28.5 Å². The Balaban J connectivity index is 1.63. The van der Waals surface area contributed by atoms with E-state index in [1.54, 1.807) is 6.92 Å². The van der Waals surface area contributed by atoms with E-state index < -0.39 is 6.29 Å². The highest BCUT2D eigenvalue weighted by atomic mass is 16.6. The summed E-state index contributed by atoms with van der Waals surface area (Å²) in [6, 6.07) is 0. The first-order valence-electron chi connectivity index (χ1n) is 15.3. The minimum atomic E-state index is -1.22. The van der Waals surface area contributed by atoms with Gasteiger partial charge in [-0.05, 0) is 87.9 Å². The summed E-state index contributed by atoms with van der Waals surface area (Å²) >= 11 is 0. The van der Waals surface area contributed by atoms with Crippen molar-refractivity contribution in [2.75, 3.05) is 14.2 Å². The zero-order valence-corrected chi connectivity index (χ0v) is 25.3. The summed E-state index contributed by atoms with van der Waals surface area (Å²) in [6.07, 6.45) is 9.21. The third-order valence-corrected chi connectivity index (χ3v) is 10.4. The lowest BCUT2D eigenvalue weighted by Crippen LogP contribution is -2.33. The number of Topliss-reactive ketones (excluding diaryl/α,β-unsaturated/α-hetero) is 1. The summed E-state index contributed by atoms with van der Waals surface area (Å²) < 4.78 is 22.7. The molecule has 0 bridgehead atoms. The van der Waals surface area contributed by atoms with Crippen molar-refractivity contribution in [1.29, 1.82) is 0 Å². The van der Waals surface area contributed by atoms with E-state index in [9.17, 15) is 14.7 Å². The molecule has 7 nitrogen and oxygen atoms in total. The molecule has 4 unspecified atom stereocenters. The second kappa shape index (κ2) is 13.2. The first kappa shape index (κ1) is 30.8. The number of ether oxygens (including phenoxy) is 4. The Bertz CT molecular complexity index is 999. The van der Waals surface area contributed by atoms with E-state index in [4.69, 9.17) is 18.9 Å². The standard InChI is InChI=1S/C33H50O7/c1-8-21-13-11-10-12-18(3)31(35)30-23(9-2)29-25(27(30)17-28(34)39-21)14-19(4)24-15-22(16-26(24)29)40-33(36)32(38-7)20(5)37-6/h9,14,18,21-27,29-30,33,36H,2,8,10-13,15-17H2,1,3-7H3/b32-20+/t18-,21+,22-,23?,24?,25+,26-,27+,29?,30?,33+/m1/s1. The molecule has 0 amide bonds. The fourth-order valence-corrected chi connectivity index (χ4v) is 8.42. The molecule has 1 heterocycles. The van der Waals surface area contributed by atoms with Crippen LogP contribution in [0.15, 0.2) is 35.8 Å². The van der Waals surface area contributed by atoms with E-state index >= 15 is 0 Å². The Morgan fingerprint density at radius 2 is 1.90 bits per heavy atom. The van der Waals surface area contributed by atoms with Gasteiger partial charge in [0.05, 0.1) is 20.3 Å². The molecule has 0 spiro atoms. The Kier molecular flexibility index (Phi) is 10.2. The molecule has 2 saturated carbocycles. The minimum Gasteiger partial charge on any atom is -0.498 e. The Morgan fingerprint density at radius 1 is 1.18 bits per heavy atom. The van der Waals surface area contributed by atoms with Crippen LogP contribution in [0.3, 0.4) is 0 Å². The molecule has 1 aliphatic heterocycles. The van der Waals surface area contributed by atoms with Crippen molar-refractivity contribution in [3.05, 3.63) is 35.8 Å². The van der Waals surface area contributed by atoms with Crippen LogP contribution >= 0.6 is 0 Å². The molecule has 0 aromatic carbocycles. The monoisotopic (exact) mass is 558 g/mol. The molecule has 224 valence electrons. The van der Waals surface area contributed by atoms with Gasteiger partial charge in [-0.25, -0.2) is 0 Å². The number of carbonyl (C=O) groups is 2. The van der Waals surface area contributed by atoms with Gasteiger partial charge in [0.25, 0.3) is 0 Å². The van der Waals surface area contributed by atoms with Crippen molar-refractivity contribution >= 4 is 11.8 Å². The first-order chi connectivity index (χ1) is 19.1. The number of ketones is 1. The summed E-state index contributed by atoms with van der Waals surface area (Å²) in [5, 5.41) is 10.8. The van der Waals surface area contributed by atoms with Crippen molar-refractivity contribution in [1.82, 2.24) is 0 Å². The van der Waals surface area contributed by atoms with Crippen LogP contribution in [0.5, 0.6) is 0 Å². The molecule has 4 rings (SSSR count). The maximum Gasteiger partial charge on any atom is 0.306 e. The average molecular weight is 559 g/mol. The zero-order chi connectivity index (χ0) is 29.1. The molecule has 1 saturated heterocycles. The van der Waals surface area contributed by atoms with Crippen LogP contribution in [0.25, 0.3) is 0 Å². The maximum atomic E-state index is 14.1. The average Bonchev–Trinajstić information content (AvgIpc) is 3.48. The lowest BCUT2D eigenvalue weighted by atomic mass is 9.66. The van der Waals surface area contributed by atoms with Gasteiger partial charge in [-0.15, -0.1) is 6.58 Å². The minimum absolute atomic E-state index is 0.00615. The van der Waals surface area contributed by atoms with Gasteiger partial charge in [-0.3, -0.25) is 9.59 Å². The van der Waals surface area contributed by atoms with Crippen LogP contribution in [0.1, 0.15) is 79.1 Å². The fraction of sp³-hybridized carbons (Fsp3) is 0.758. The van der Waals surface area contributed by atoms with E-state index in [0.29, 0.717) is 11.7 Å². The number of methoxy groups -OCH3 is 2. The molecule has 0 radical (unpaired) electrons. The molecular formula is C33H50O7. The molecule has 40 heavy (non-hydrogen) atoms. The van der Waals surface area contributed by atoms with Gasteiger partial charge in [0.1, 0.15) is 17.6 Å². The third-order valence-electron chi connectivity index (χ3n) is 10.4. The number of hydrogen-bond donors (Lipinski definition) is 1. The normalized spacial score (nSPS) is 39.7. The summed E-state index contributed by atoms with van der Waals surface area (Å²) in [5.41, 5.74) is 1.29. The van der Waals surface area contributed by atoms with E-state index in [1.807, 2.05) is 6.08 Å². The van der Waals surface area contributed by atoms with Gasteiger partial charge in [0, 0.05) is 18.3 Å². The molecule has 0 aromatic heterocycles. The highest BCUT2D eigenvalue weighted by Gasteiger charge is 2.59. The summed E-state index contributed by atoms with van der Waals surface area (Å²) in [4.78, 5) is 27.3. The molecule has 0 aromatic rings. The maximum absolute atomic E-state index is 14.1. The largest absolute Gasteiger partial charge is 0.498 e. The lowest BCUT2D eigenvalue weighted by Gasteiger charge is -2.38. The second-order valence-electron chi connectivity index (χ2n) is 12.6. The van der Waals surface area contributed by atoms with Gasteiger partial charge in [-0.2, -0.15) is 0 Å². The van der Waals surface area contributed by atoms with Gasteiger partial charge < -0.3 is 24.1 Å². The number of fused-ring (bicyclic) bond motifs is 5. The number of allylic oxidation sites excluding steroid dienone is 4. The van der Waals surface area contributed by atoms with Crippen molar-refractivity contribution in [2.24, 2.45) is 47.3 Å². The SMILES string of the molecule is C=CC1C2[C@@H]3C[C@H](O[C@H](O)/C(OC)=C(/C)OC)CC3C(C)=C[C@H]2[C@@H]2CC(=O)O[C@@H](CC)CCCC[C@@H](C)C(=O)C12. The predicted molar refractivity (Wildman–Crippen MR) is 153 cm³/mol. The summed E-state index contributed by atoms with van der Waals surface area (Å²) in [5.74, 6) is 1.34. The van der Waals surface area contributed by atoms with Crippen LogP contribution < -0.4 is 0 Å². The molecule has 4 aliphatic rings. The van der Waals surface area contributed by atoms with E-state index in [2.05, 4.69) is 33.4 Å². The molecule has 7 heteroatoms. The highest BCUT2D eigenvalue weighted by molar-refractivity contribution is 5.85. The molecule has 11 atom stereocenters. The number of carbonyl (C=O) groups excluding carboxylic acids is 2. The topological polar surface area (TPSA) is 91.3 Å². The number of rotatable bonds is 7. The zero-order valence-electron chi connectivity index (χ0n) is 25.3. The smallest absolute Gasteiger partial charge is 0.306 e. The van der Waals surface area contributed by atoms with E-state index in [1.165, 1.54) is 19.8 Å². The number of esters is 1. The van der Waals surface area contributed by atoms with Crippen molar-refractivity contribution in [2.45, 2.75) is 97.6 Å². The highest BCUT2D eigenvalue weighted by Crippen LogP contribution is 2.61. The number of aliphatic hydroxyl groups is 1. The Labute approximate surface area is 240 Å². The Hall–Kier alpha value is -2.12. The fourth-order valence-electron chi connectivity index (χ4n) is 8.42. The molecule has 1 N–H and O–H groups in total. The number of cyclic esters (lactones) is 1. The lowest BCUT2D eigenvalue weighted by molar-refractivity contribution is -0.152. The quantitative estimate of drug-likeness (QED) is 0.178. The predicted octanol–water partition coefficient (Wildman–Crippen LogP) is 5.97. The van der Waals surface area contributed by atoms with Crippen molar-refractivity contribution in [3.63, 3.8) is 0 Å². The van der Waals surface area contributed by atoms with Gasteiger partial charge in [0.15, 0.2) is 5.76 Å². The number of aliphatic hydroxyl groups excluding tert-OH is 1. The molecular weight excluding hydrogens is 508 g/mol. The van der Waals surface area contributed by atoms with Crippen molar-refractivity contribution < 1.29 is 33.6 Å². The van der Waals surface area contributed by atoms with Crippen LogP contribution in [0, 0.1) is 47.3 Å². The second-order valence-corrected chi connectivity index (χ2v) is 12.6. The third kappa shape index (κ3) is 6.06. The van der Waals surface area contributed by atoms with E-state index in [-0.39, 0.29) is 77.6 Å². The van der Waals surface area contributed by atoms with Gasteiger partial charge in [0.2, 0.25) is 6.29 Å². The molecule has 3 fully saturated rings. The first-order valence-corrected chi connectivity index (χ1v) is 15.3. The number of hydrogen-bond acceptors (Lipinski definition) is 7. The van der Waals surface area contributed by atoms with Crippen LogP contribution in [0.4, 0.5) is 0 Å². The Morgan fingerprint density at radius 3 is 2.55 bits per heavy atom. The molecule has 3 aliphatic carbocycles.